The van der Waals surface area contributed by atoms with E-state index in [4.69, 9.17) is 0 Å². The minimum Gasteiger partial charge on any atom is -0.396 e. The Morgan fingerprint density at radius 3 is 2.67 bits per heavy atom. The van der Waals surface area contributed by atoms with E-state index in [1.54, 1.807) is 6.20 Å². The Bertz CT molecular complexity index is 1080. The number of hydrogen-bond acceptors (Lipinski definition) is 4. The summed E-state index contributed by atoms with van der Waals surface area (Å²) in [5.74, 6) is 0. The number of aliphatic hydroxyl groups excluding tert-OH is 2. The van der Waals surface area contributed by atoms with Crippen LogP contribution in [0, 0.1) is 10.8 Å². The third kappa shape index (κ3) is 2.84. The first-order valence-corrected chi connectivity index (χ1v) is 10.6. The summed E-state index contributed by atoms with van der Waals surface area (Å²) in [6, 6.07) is 15.8. The molecule has 154 valence electrons. The molecule has 0 spiro atoms. The summed E-state index contributed by atoms with van der Waals surface area (Å²) in [5.41, 5.74) is 4.79. The number of aromatic nitrogens is 3. The lowest BCUT2D eigenvalue weighted by molar-refractivity contribution is -0.0149. The van der Waals surface area contributed by atoms with Crippen molar-refractivity contribution in [1.29, 1.82) is 0 Å². The van der Waals surface area contributed by atoms with Gasteiger partial charge in [0.25, 0.3) is 0 Å². The fourth-order valence-corrected chi connectivity index (χ4v) is 5.49. The molecule has 0 amide bonds. The van der Waals surface area contributed by atoms with Crippen LogP contribution in [0.25, 0.3) is 11.8 Å². The maximum absolute atomic E-state index is 10.9. The van der Waals surface area contributed by atoms with Crippen LogP contribution in [-0.4, -0.2) is 31.6 Å². The average molecular weight is 402 g/mol. The molecule has 1 fully saturated rings. The summed E-state index contributed by atoms with van der Waals surface area (Å²) in [4.78, 5) is 4.33. The van der Waals surface area contributed by atoms with Crippen molar-refractivity contribution < 1.29 is 10.2 Å². The molecular formula is C25H27N3O2. The first-order chi connectivity index (χ1) is 14.6. The smallest absolute Gasteiger partial charge is 0.0966 e. The Morgan fingerprint density at radius 1 is 1.13 bits per heavy atom. The van der Waals surface area contributed by atoms with Crippen molar-refractivity contribution in [3.8, 4) is 5.69 Å². The van der Waals surface area contributed by atoms with Crippen LogP contribution in [0.1, 0.15) is 49.2 Å². The molecule has 5 nitrogen and oxygen atoms in total. The molecule has 2 aromatic heterocycles. The van der Waals surface area contributed by atoms with Crippen molar-refractivity contribution in [2.75, 3.05) is 6.61 Å². The van der Waals surface area contributed by atoms with Crippen LogP contribution in [0.5, 0.6) is 0 Å². The van der Waals surface area contributed by atoms with Crippen LogP contribution < -0.4 is 0 Å². The van der Waals surface area contributed by atoms with Crippen molar-refractivity contribution in [2.45, 2.75) is 38.7 Å². The van der Waals surface area contributed by atoms with E-state index in [-0.39, 0.29) is 17.4 Å². The Labute approximate surface area is 176 Å². The van der Waals surface area contributed by atoms with Gasteiger partial charge in [-0.1, -0.05) is 36.8 Å². The second kappa shape index (κ2) is 7.18. The molecule has 0 bridgehead atoms. The third-order valence-electron chi connectivity index (χ3n) is 7.41. The van der Waals surface area contributed by atoms with E-state index in [0.29, 0.717) is 12.1 Å². The van der Waals surface area contributed by atoms with E-state index in [1.165, 1.54) is 11.1 Å². The van der Waals surface area contributed by atoms with Crippen molar-refractivity contribution in [3.63, 3.8) is 0 Å². The summed E-state index contributed by atoms with van der Waals surface area (Å²) in [7, 11) is 0. The lowest BCUT2D eigenvalue weighted by Crippen LogP contribution is -2.43. The zero-order valence-electron chi connectivity index (χ0n) is 17.2. The van der Waals surface area contributed by atoms with Gasteiger partial charge >= 0.3 is 0 Å². The summed E-state index contributed by atoms with van der Waals surface area (Å²) in [6.45, 7) is 2.29. The monoisotopic (exact) mass is 401 g/mol. The number of fused-ring (bicyclic) bond motifs is 2. The van der Waals surface area contributed by atoms with Crippen LogP contribution in [0.2, 0.25) is 0 Å². The minimum absolute atomic E-state index is 0.0485. The third-order valence-corrected chi connectivity index (χ3v) is 7.41. The molecule has 5 rings (SSSR count). The first kappa shape index (κ1) is 19.2. The normalized spacial score (nSPS) is 26.0. The van der Waals surface area contributed by atoms with E-state index in [0.717, 1.165) is 30.6 Å². The summed E-state index contributed by atoms with van der Waals surface area (Å²) < 4.78 is 2.00. The van der Waals surface area contributed by atoms with E-state index < -0.39 is 6.10 Å². The Hall–Kier alpha value is -2.76. The number of allylic oxidation sites excluding steroid dienone is 1. The second-order valence-corrected chi connectivity index (χ2v) is 8.89. The standard InChI is InChI=1S/C25H27N3O2/c1-24-14-18-16-27-28(20-7-3-2-4-8-20)22(18)13-19(24)10-11-25(24,17-29)15-23(30)21-9-5-6-12-26-21/h2-9,12-13,16,23,29-30H,10-11,14-15,17H2,1H3/t23?,24-,25-/m0/s1. The zero-order valence-corrected chi connectivity index (χ0v) is 17.2. The molecule has 2 heterocycles. The van der Waals surface area contributed by atoms with E-state index in [1.807, 2.05) is 47.3 Å². The number of nitrogens with zero attached hydrogens (tertiary/aromatic N) is 3. The van der Waals surface area contributed by atoms with Crippen LogP contribution in [-0.2, 0) is 6.42 Å². The van der Waals surface area contributed by atoms with Gasteiger partial charge in [-0.15, -0.1) is 0 Å². The predicted octanol–water partition coefficient (Wildman–Crippen LogP) is 4.11. The molecular weight excluding hydrogens is 374 g/mol. The van der Waals surface area contributed by atoms with Crippen LogP contribution in [0.3, 0.4) is 0 Å². The number of benzene rings is 1. The number of para-hydroxylation sites is 1. The fraction of sp³-hybridized carbons (Fsp3) is 0.360. The van der Waals surface area contributed by atoms with E-state index in [2.05, 4.69) is 35.2 Å². The zero-order chi connectivity index (χ0) is 20.8. The molecule has 5 heteroatoms. The highest BCUT2D eigenvalue weighted by molar-refractivity contribution is 5.62. The Kier molecular flexibility index (Phi) is 4.60. The Balaban J connectivity index is 1.50. The lowest BCUT2D eigenvalue weighted by atomic mass is 9.59. The number of hydrogen-bond donors (Lipinski definition) is 2. The summed E-state index contributed by atoms with van der Waals surface area (Å²) in [5, 5.41) is 26.1. The van der Waals surface area contributed by atoms with Gasteiger partial charge in [0.05, 0.1) is 29.4 Å². The molecule has 1 aromatic carbocycles. The number of pyridine rings is 1. The van der Waals surface area contributed by atoms with Crippen LogP contribution in [0.4, 0.5) is 0 Å². The maximum Gasteiger partial charge on any atom is 0.0966 e. The van der Waals surface area contributed by atoms with Gasteiger partial charge in [-0.05, 0) is 61.6 Å². The molecule has 0 saturated heterocycles. The molecule has 1 saturated carbocycles. The van der Waals surface area contributed by atoms with Gasteiger partial charge in [0.2, 0.25) is 0 Å². The van der Waals surface area contributed by atoms with Crippen molar-refractivity contribution in [3.05, 3.63) is 83.4 Å². The lowest BCUT2D eigenvalue weighted by Gasteiger charge is -2.46. The van der Waals surface area contributed by atoms with Gasteiger partial charge in [0.1, 0.15) is 0 Å². The molecule has 0 radical (unpaired) electrons. The molecule has 2 aliphatic rings. The Morgan fingerprint density at radius 2 is 1.93 bits per heavy atom. The first-order valence-electron chi connectivity index (χ1n) is 10.6. The largest absolute Gasteiger partial charge is 0.396 e. The molecule has 2 aliphatic carbocycles. The van der Waals surface area contributed by atoms with Gasteiger partial charge in [-0.25, -0.2) is 4.68 Å². The summed E-state index contributed by atoms with van der Waals surface area (Å²) in [6.07, 6.45) is 8.33. The van der Waals surface area contributed by atoms with Gasteiger partial charge in [0.15, 0.2) is 0 Å². The quantitative estimate of drug-likeness (QED) is 0.675. The highest BCUT2D eigenvalue weighted by atomic mass is 16.3. The minimum atomic E-state index is -0.692. The molecule has 30 heavy (non-hydrogen) atoms. The maximum atomic E-state index is 10.9. The van der Waals surface area contributed by atoms with E-state index in [9.17, 15) is 10.2 Å². The average Bonchev–Trinajstić information content (AvgIpc) is 3.31. The topological polar surface area (TPSA) is 71.2 Å². The summed E-state index contributed by atoms with van der Waals surface area (Å²) >= 11 is 0. The number of rotatable bonds is 5. The molecule has 1 unspecified atom stereocenters. The van der Waals surface area contributed by atoms with Crippen LogP contribution >= 0.6 is 0 Å². The van der Waals surface area contributed by atoms with Crippen molar-refractivity contribution in [1.82, 2.24) is 14.8 Å². The van der Waals surface area contributed by atoms with Gasteiger partial charge in [-0.2, -0.15) is 5.10 Å². The highest BCUT2D eigenvalue weighted by Crippen LogP contribution is 2.62. The second-order valence-electron chi connectivity index (χ2n) is 8.89. The van der Waals surface area contributed by atoms with Gasteiger partial charge < -0.3 is 10.2 Å². The van der Waals surface area contributed by atoms with Crippen LogP contribution in [0.15, 0.2) is 66.5 Å². The van der Waals surface area contributed by atoms with Crippen molar-refractivity contribution in [2.24, 2.45) is 10.8 Å². The molecule has 0 aliphatic heterocycles. The highest BCUT2D eigenvalue weighted by Gasteiger charge is 2.56. The van der Waals surface area contributed by atoms with Crippen molar-refractivity contribution >= 4 is 6.08 Å². The van der Waals surface area contributed by atoms with Gasteiger partial charge in [0, 0.05) is 23.6 Å². The van der Waals surface area contributed by atoms with Gasteiger partial charge in [-0.3, -0.25) is 4.98 Å². The van der Waals surface area contributed by atoms with E-state index >= 15 is 0 Å². The predicted molar refractivity (Wildman–Crippen MR) is 116 cm³/mol. The SMILES string of the molecule is C[C@]12Cc3cnn(-c4ccccc4)c3C=C1CC[C@@]2(CO)CC(O)c1ccccn1. The number of aliphatic hydroxyl groups is 2. The fourth-order valence-electron chi connectivity index (χ4n) is 5.49. The molecule has 3 aromatic rings. The molecule has 3 atom stereocenters. The molecule has 2 N–H and O–H groups in total.